The fourth-order valence-electron chi connectivity index (χ4n) is 2.73. The smallest absolute Gasteiger partial charge is 0.282 e. The van der Waals surface area contributed by atoms with Crippen molar-refractivity contribution >= 4 is 50.7 Å². The van der Waals surface area contributed by atoms with Gasteiger partial charge in [0.2, 0.25) is 0 Å². The number of aryl methyl sites for hydroxylation is 1. The largest absolute Gasteiger partial charge is 0.366 e. The molecule has 1 amide bonds. The minimum atomic E-state index is -0.190. The molecule has 1 aliphatic rings. The topological polar surface area (TPSA) is 58.4 Å². The highest BCUT2D eigenvalue weighted by molar-refractivity contribution is 9.10. The second-order valence-electron chi connectivity index (χ2n) is 5.71. The highest BCUT2D eigenvalue weighted by Gasteiger charge is 2.24. The van der Waals surface area contributed by atoms with E-state index in [2.05, 4.69) is 21.0 Å². The molecule has 1 aromatic heterocycles. The van der Waals surface area contributed by atoms with Gasteiger partial charge in [-0.15, -0.1) is 0 Å². The third-order valence-corrected chi connectivity index (χ3v) is 5.26. The number of carbonyl (C=O) groups excluding carboxylic acids is 1. The zero-order chi connectivity index (χ0) is 18.1. The van der Waals surface area contributed by atoms with Gasteiger partial charge >= 0.3 is 0 Å². The SMILES string of the molecule is Cn1ncc(N2CCN(C(=O)c3cc(Cl)cc(Cl)c3)CC2)c(Br)c1=O. The highest BCUT2D eigenvalue weighted by Crippen LogP contribution is 2.24. The molecule has 0 spiro atoms. The van der Waals surface area contributed by atoms with E-state index in [0.717, 1.165) is 5.69 Å². The molecule has 0 bridgehead atoms. The van der Waals surface area contributed by atoms with Crippen molar-refractivity contribution < 1.29 is 4.79 Å². The average molecular weight is 446 g/mol. The second kappa shape index (κ2) is 7.35. The molecule has 1 aromatic carbocycles. The lowest BCUT2D eigenvalue weighted by Crippen LogP contribution is -2.49. The Labute approximate surface area is 163 Å². The first-order chi connectivity index (χ1) is 11.9. The molecule has 9 heteroatoms. The molecule has 0 unspecified atom stereocenters. The Bertz CT molecular complexity index is 859. The molecule has 0 aliphatic carbocycles. The quantitative estimate of drug-likeness (QED) is 0.713. The fraction of sp³-hybridized carbons (Fsp3) is 0.312. The summed E-state index contributed by atoms with van der Waals surface area (Å²) in [5.41, 5.74) is 1.02. The summed E-state index contributed by atoms with van der Waals surface area (Å²) < 4.78 is 1.75. The number of amides is 1. The summed E-state index contributed by atoms with van der Waals surface area (Å²) in [5, 5.41) is 4.93. The van der Waals surface area contributed by atoms with Crippen molar-refractivity contribution in [3.63, 3.8) is 0 Å². The van der Waals surface area contributed by atoms with E-state index >= 15 is 0 Å². The molecule has 6 nitrogen and oxygen atoms in total. The molecule has 1 fully saturated rings. The molecule has 2 heterocycles. The number of anilines is 1. The van der Waals surface area contributed by atoms with Crippen LogP contribution >= 0.6 is 39.1 Å². The van der Waals surface area contributed by atoms with Gasteiger partial charge in [0, 0.05) is 48.8 Å². The van der Waals surface area contributed by atoms with Crippen molar-refractivity contribution in [2.24, 2.45) is 7.05 Å². The van der Waals surface area contributed by atoms with Crippen molar-refractivity contribution in [1.29, 1.82) is 0 Å². The van der Waals surface area contributed by atoms with Gasteiger partial charge in [-0.25, -0.2) is 4.68 Å². The summed E-state index contributed by atoms with van der Waals surface area (Å²) in [6.45, 7) is 2.27. The Hall–Kier alpha value is -1.57. The number of benzene rings is 1. The van der Waals surface area contributed by atoms with Crippen LogP contribution in [0.2, 0.25) is 10.0 Å². The van der Waals surface area contributed by atoms with Crippen LogP contribution in [0, 0.1) is 0 Å². The number of hydrogen-bond donors (Lipinski definition) is 0. The molecule has 25 heavy (non-hydrogen) atoms. The maximum atomic E-state index is 12.6. The number of carbonyl (C=O) groups is 1. The minimum absolute atomic E-state index is 0.106. The van der Waals surface area contributed by atoms with E-state index in [9.17, 15) is 9.59 Å². The third kappa shape index (κ3) is 3.83. The maximum absolute atomic E-state index is 12.6. The standard InChI is InChI=1S/C16H15BrCl2N4O2/c1-21-16(25)14(17)13(9-20-21)22-2-4-23(5-3-22)15(24)10-6-11(18)8-12(19)7-10/h6-9H,2-5H2,1H3. The van der Waals surface area contributed by atoms with Crippen LogP contribution in [-0.4, -0.2) is 46.8 Å². The lowest BCUT2D eigenvalue weighted by atomic mass is 10.1. The minimum Gasteiger partial charge on any atom is -0.366 e. The summed E-state index contributed by atoms with van der Waals surface area (Å²) in [6.07, 6.45) is 1.65. The first kappa shape index (κ1) is 18.2. The van der Waals surface area contributed by atoms with E-state index < -0.39 is 0 Å². The summed E-state index contributed by atoms with van der Waals surface area (Å²) in [6, 6.07) is 4.82. The Morgan fingerprint density at radius 3 is 2.32 bits per heavy atom. The lowest BCUT2D eigenvalue weighted by molar-refractivity contribution is 0.0746. The summed E-state index contributed by atoms with van der Waals surface area (Å²) >= 11 is 15.3. The normalized spacial score (nSPS) is 14.7. The highest BCUT2D eigenvalue weighted by atomic mass is 79.9. The van der Waals surface area contributed by atoms with Crippen molar-refractivity contribution in [3.05, 3.63) is 54.8 Å². The average Bonchev–Trinajstić information content (AvgIpc) is 2.59. The van der Waals surface area contributed by atoms with Crippen molar-refractivity contribution in [2.45, 2.75) is 0 Å². The van der Waals surface area contributed by atoms with Gasteiger partial charge in [-0.05, 0) is 34.1 Å². The van der Waals surface area contributed by atoms with Crippen LogP contribution in [0.15, 0.2) is 33.7 Å². The molecule has 0 radical (unpaired) electrons. The molecule has 132 valence electrons. The van der Waals surface area contributed by atoms with Gasteiger partial charge in [0.05, 0.1) is 11.9 Å². The summed E-state index contributed by atoms with van der Waals surface area (Å²) in [7, 11) is 1.60. The van der Waals surface area contributed by atoms with Gasteiger partial charge < -0.3 is 9.80 Å². The summed E-state index contributed by atoms with van der Waals surface area (Å²) in [5.74, 6) is -0.106. The van der Waals surface area contributed by atoms with Gasteiger partial charge in [-0.3, -0.25) is 9.59 Å². The molecule has 3 rings (SSSR count). The molecular weight excluding hydrogens is 431 g/mol. The van der Waals surface area contributed by atoms with Crippen molar-refractivity contribution in [2.75, 3.05) is 31.1 Å². The number of aromatic nitrogens is 2. The zero-order valence-electron chi connectivity index (χ0n) is 13.4. The van der Waals surface area contributed by atoms with Crippen LogP contribution in [0.3, 0.4) is 0 Å². The predicted octanol–water partition coefficient (Wildman–Crippen LogP) is 2.81. The van der Waals surface area contributed by atoms with E-state index in [1.807, 2.05) is 4.90 Å². The maximum Gasteiger partial charge on any atom is 0.282 e. The van der Waals surface area contributed by atoms with E-state index in [1.165, 1.54) is 4.68 Å². The molecule has 1 aliphatic heterocycles. The van der Waals surface area contributed by atoms with Gasteiger partial charge in [-0.2, -0.15) is 5.10 Å². The Morgan fingerprint density at radius 1 is 1.12 bits per heavy atom. The molecule has 0 N–H and O–H groups in total. The van der Waals surface area contributed by atoms with Crippen LogP contribution in [0.25, 0.3) is 0 Å². The van der Waals surface area contributed by atoms with Crippen LogP contribution in [-0.2, 0) is 7.05 Å². The Kier molecular flexibility index (Phi) is 5.36. The van der Waals surface area contributed by atoms with E-state index in [-0.39, 0.29) is 11.5 Å². The number of hydrogen-bond acceptors (Lipinski definition) is 4. The summed E-state index contributed by atoms with van der Waals surface area (Å²) in [4.78, 5) is 28.4. The Balaban J connectivity index is 1.73. The van der Waals surface area contributed by atoms with Crippen LogP contribution in [0.1, 0.15) is 10.4 Å². The number of nitrogens with zero attached hydrogens (tertiary/aromatic N) is 4. The van der Waals surface area contributed by atoms with Crippen LogP contribution in [0.5, 0.6) is 0 Å². The van der Waals surface area contributed by atoms with Crippen LogP contribution < -0.4 is 10.5 Å². The van der Waals surface area contributed by atoms with E-state index in [1.54, 1.807) is 36.3 Å². The molecule has 0 saturated carbocycles. The number of halogens is 3. The van der Waals surface area contributed by atoms with Gasteiger partial charge in [0.1, 0.15) is 4.47 Å². The lowest BCUT2D eigenvalue weighted by Gasteiger charge is -2.36. The van der Waals surface area contributed by atoms with E-state index in [0.29, 0.717) is 46.3 Å². The zero-order valence-corrected chi connectivity index (χ0v) is 16.5. The Morgan fingerprint density at radius 2 is 1.72 bits per heavy atom. The predicted molar refractivity (Wildman–Crippen MR) is 102 cm³/mol. The van der Waals surface area contributed by atoms with Gasteiger partial charge in [0.15, 0.2) is 0 Å². The fourth-order valence-corrected chi connectivity index (χ4v) is 3.87. The molecule has 0 atom stereocenters. The molecule has 1 saturated heterocycles. The van der Waals surface area contributed by atoms with Crippen LogP contribution in [0.4, 0.5) is 5.69 Å². The van der Waals surface area contributed by atoms with Crippen molar-refractivity contribution in [1.82, 2.24) is 14.7 Å². The number of rotatable bonds is 2. The number of piperazine rings is 1. The van der Waals surface area contributed by atoms with Gasteiger partial charge in [-0.1, -0.05) is 23.2 Å². The third-order valence-electron chi connectivity index (χ3n) is 4.08. The van der Waals surface area contributed by atoms with Crippen molar-refractivity contribution in [3.8, 4) is 0 Å². The van der Waals surface area contributed by atoms with E-state index in [4.69, 9.17) is 23.2 Å². The van der Waals surface area contributed by atoms with Gasteiger partial charge in [0.25, 0.3) is 11.5 Å². The second-order valence-corrected chi connectivity index (χ2v) is 7.38. The molecule has 2 aromatic rings. The first-order valence-electron chi connectivity index (χ1n) is 7.59. The molecular formula is C16H15BrCl2N4O2. The first-order valence-corrected chi connectivity index (χ1v) is 9.14. The monoisotopic (exact) mass is 444 g/mol.